The minimum absolute atomic E-state index is 0.349. The molecule has 0 amide bonds. The van der Waals surface area contributed by atoms with E-state index in [1.165, 1.54) is 16.7 Å². The summed E-state index contributed by atoms with van der Waals surface area (Å²) in [6.07, 6.45) is 4.63. The van der Waals surface area contributed by atoms with Crippen LogP contribution in [0, 0.1) is 6.92 Å². The Morgan fingerprint density at radius 1 is 1.28 bits per heavy atom. The molecule has 94 valence electrons. The lowest BCUT2D eigenvalue weighted by Gasteiger charge is -2.17. The lowest BCUT2D eigenvalue weighted by atomic mass is 9.90. The molecule has 2 aromatic rings. The second-order valence-corrected chi connectivity index (χ2v) is 5.42. The van der Waals surface area contributed by atoms with Crippen molar-refractivity contribution in [3.05, 3.63) is 63.9 Å². The topological polar surface area (TPSA) is 38.9 Å². The molecule has 0 saturated heterocycles. The van der Waals surface area contributed by atoms with Crippen molar-refractivity contribution in [2.45, 2.75) is 19.3 Å². The van der Waals surface area contributed by atoms with Gasteiger partial charge in [-0.3, -0.25) is 4.98 Å². The number of aromatic nitrogens is 1. The molecule has 1 aromatic carbocycles. The molecule has 0 radical (unpaired) electrons. The van der Waals surface area contributed by atoms with E-state index in [1.807, 2.05) is 6.20 Å². The van der Waals surface area contributed by atoms with E-state index in [1.54, 1.807) is 6.20 Å². The van der Waals surface area contributed by atoms with Crippen LogP contribution in [-0.2, 0) is 6.42 Å². The summed E-state index contributed by atoms with van der Waals surface area (Å²) in [6.45, 7) is 2.79. The van der Waals surface area contributed by atoms with Crippen LogP contribution in [-0.4, -0.2) is 11.5 Å². The third kappa shape index (κ3) is 3.18. The van der Waals surface area contributed by atoms with Gasteiger partial charge in [-0.05, 0) is 58.6 Å². The average molecular weight is 305 g/mol. The fourth-order valence-corrected chi connectivity index (χ4v) is 2.63. The molecule has 1 unspecified atom stereocenters. The van der Waals surface area contributed by atoms with Crippen molar-refractivity contribution >= 4 is 15.9 Å². The van der Waals surface area contributed by atoms with Gasteiger partial charge >= 0.3 is 0 Å². The highest BCUT2D eigenvalue weighted by atomic mass is 79.9. The number of benzene rings is 1. The average Bonchev–Trinajstić information content (AvgIpc) is 2.37. The minimum atomic E-state index is 0.349. The maximum Gasteiger partial charge on any atom is 0.0410 e. The highest BCUT2D eigenvalue weighted by Gasteiger charge is 2.12. The Morgan fingerprint density at radius 2 is 2.06 bits per heavy atom. The molecule has 0 saturated carbocycles. The Hall–Kier alpha value is -1.19. The lowest BCUT2D eigenvalue weighted by molar-refractivity contribution is 0.688. The molecule has 2 nitrogen and oxygen atoms in total. The number of nitrogens with zero attached hydrogens (tertiary/aromatic N) is 1. The standard InChI is InChI=1S/C15H17BrN2/c1-11-4-2-3-5-15(11)13(8-17)6-12-7-14(16)10-18-9-12/h2-5,7,9-10,13H,6,8,17H2,1H3. The number of hydrogen-bond donors (Lipinski definition) is 1. The number of hydrogen-bond acceptors (Lipinski definition) is 2. The van der Waals surface area contributed by atoms with E-state index in [-0.39, 0.29) is 0 Å². The molecule has 3 heteroatoms. The molecule has 0 spiro atoms. The molecule has 0 aliphatic rings. The monoisotopic (exact) mass is 304 g/mol. The van der Waals surface area contributed by atoms with E-state index in [4.69, 9.17) is 5.73 Å². The largest absolute Gasteiger partial charge is 0.330 e. The van der Waals surface area contributed by atoms with Gasteiger partial charge in [-0.15, -0.1) is 0 Å². The molecular formula is C15H17BrN2. The van der Waals surface area contributed by atoms with Crippen LogP contribution in [0.15, 0.2) is 47.2 Å². The van der Waals surface area contributed by atoms with Crippen molar-refractivity contribution in [3.63, 3.8) is 0 Å². The Balaban J connectivity index is 2.23. The SMILES string of the molecule is Cc1ccccc1C(CN)Cc1cncc(Br)c1. The van der Waals surface area contributed by atoms with Gasteiger partial charge in [0.25, 0.3) is 0 Å². The fourth-order valence-electron chi connectivity index (χ4n) is 2.22. The fraction of sp³-hybridized carbons (Fsp3) is 0.267. The van der Waals surface area contributed by atoms with Crippen molar-refractivity contribution in [2.24, 2.45) is 5.73 Å². The maximum atomic E-state index is 5.93. The zero-order valence-corrected chi connectivity index (χ0v) is 12.0. The summed E-state index contributed by atoms with van der Waals surface area (Å²) in [5.74, 6) is 0.349. The van der Waals surface area contributed by atoms with Crippen LogP contribution in [0.5, 0.6) is 0 Å². The third-order valence-electron chi connectivity index (χ3n) is 3.16. The molecule has 0 aliphatic carbocycles. The van der Waals surface area contributed by atoms with Crippen LogP contribution >= 0.6 is 15.9 Å². The Labute approximate surface area is 116 Å². The predicted octanol–water partition coefficient (Wildman–Crippen LogP) is 3.44. The highest BCUT2D eigenvalue weighted by molar-refractivity contribution is 9.10. The number of nitrogens with two attached hydrogens (primary N) is 1. The molecule has 0 aliphatic heterocycles. The smallest absolute Gasteiger partial charge is 0.0410 e. The normalized spacial score (nSPS) is 12.4. The summed E-state index contributed by atoms with van der Waals surface area (Å²) in [7, 11) is 0. The van der Waals surface area contributed by atoms with Crippen LogP contribution in [0.3, 0.4) is 0 Å². The molecule has 1 atom stereocenters. The first kappa shape index (κ1) is 13.2. The van der Waals surface area contributed by atoms with E-state index in [0.29, 0.717) is 12.5 Å². The van der Waals surface area contributed by atoms with Crippen molar-refractivity contribution in [3.8, 4) is 0 Å². The summed E-state index contributed by atoms with van der Waals surface area (Å²) in [6, 6.07) is 10.5. The van der Waals surface area contributed by atoms with E-state index >= 15 is 0 Å². The first-order valence-electron chi connectivity index (χ1n) is 6.05. The van der Waals surface area contributed by atoms with E-state index in [9.17, 15) is 0 Å². The molecule has 1 aromatic heterocycles. The lowest BCUT2D eigenvalue weighted by Crippen LogP contribution is -2.16. The summed E-state index contributed by atoms with van der Waals surface area (Å²) in [5.41, 5.74) is 9.77. The Bertz CT molecular complexity index is 525. The van der Waals surface area contributed by atoms with Crippen LogP contribution < -0.4 is 5.73 Å². The first-order valence-corrected chi connectivity index (χ1v) is 6.85. The number of halogens is 1. The van der Waals surface area contributed by atoms with Crippen LogP contribution in [0.25, 0.3) is 0 Å². The molecule has 0 bridgehead atoms. The van der Waals surface area contributed by atoms with Crippen LogP contribution in [0.4, 0.5) is 0 Å². The molecule has 18 heavy (non-hydrogen) atoms. The highest BCUT2D eigenvalue weighted by Crippen LogP contribution is 2.23. The second kappa shape index (κ2) is 6.12. The maximum absolute atomic E-state index is 5.93. The van der Waals surface area contributed by atoms with E-state index in [2.05, 4.69) is 58.2 Å². The van der Waals surface area contributed by atoms with Crippen molar-refractivity contribution in [1.82, 2.24) is 4.98 Å². The zero-order valence-electron chi connectivity index (χ0n) is 10.4. The molecule has 1 heterocycles. The Kier molecular flexibility index (Phi) is 4.50. The molecule has 2 rings (SSSR count). The van der Waals surface area contributed by atoms with Gasteiger partial charge in [0.05, 0.1) is 0 Å². The van der Waals surface area contributed by atoms with Crippen molar-refractivity contribution < 1.29 is 0 Å². The van der Waals surface area contributed by atoms with Crippen molar-refractivity contribution in [1.29, 1.82) is 0 Å². The van der Waals surface area contributed by atoms with Gasteiger partial charge in [0.2, 0.25) is 0 Å². The summed E-state index contributed by atoms with van der Waals surface area (Å²) < 4.78 is 1.01. The Morgan fingerprint density at radius 3 is 2.72 bits per heavy atom. The third-order valence-corrected chi connectivity index (χ3v) is 3.59. The van der Waals surface area contributed by atoms with Crippen LogP contribution in [0.2, 0.25) is 0 Å². The summed E-state index contributed by atoms with van der Waals surface area (Å²) >= 11 is 3.45. The second-order valence-electron chi connectivity index (χ2n) is 4.50. The van der Waals surface area contributed by atoms with Gasteiger partial charge in [-0.2, -0.15) is 0 Å². The minimum Gasteiger partial charge on any atom is -0.330 e. The summed E-state index contributed by atoms with van der Waals surface area (Å²) in [5, 5.41) is 0. The van der Waals surface area contributed by atoms with Gasteiger partial charge in [-0.25, -0.2) is 0 Å². The van der Waals surface area contributed by atoms with E-state index < -0.39 is 0 Å². The molecule has 2 N–H and O–H groups in total. The number of pyridine rings is 1. The van der Waals surface area contributed by atoms with E-state index in [0.717, 1.165) is 10.9 Å². The van der Waals surface area contributed by atoms with Crippen molar-refractivity contribution in [2.75, 3.05) is 6.54 Å². The van der Waals surface area contributed by atoms with Gasteiger partial charge in [0.1, 0.15) is 0 Å². The quantitative estimate of drug-likeness (QED) is 0.940. The van der Waals surface area contributed by atoms with Crippen LogP contribution in [0.1, 0.15) is 22.6 Å². The molecular weight excluding hydrogens is 288 g/mol. The van der Waals surface area contributed by atoms with Gasteiger partial charge < -0.3 is 5.73 Å². The zero-order chi connectivity index (χ0) is 13.0. The number of aryl methyl sites for hydroxylation is 1. The molecule has 0 fully saturated rings. The van der Waals surface area contributed by atoms with Gasteiger partial charge in [0, 0.05) is 22.8 Å². The first-order chi connectivity index (χ1) is 8.70. The predicted molar refractivity (Wildman–Crippen MR) is 78.6 cm³/mol. The van der Waals surface area contributed by atoms with Gasteiger partial charge in [0.15, 0.2) is 0 Å². The number of rotatable bonds is 4. The van der Waals surface area contributed by atoms with Gasteiger partial charge in [-0.1, -0.05) is 24.3 Å². The summed E-state index contributed by atoms with van der Waals surface area (Å²) in [4.78, 5) is 4.20.